The van der Waals surface area contributed by atoms with Crippen LogP contribution in [0.1, 0.15) is 39.2 Å². The van der Waals surface area contributed by atoms with Gasteiger partial charge in [0.15, 0.2) is 0 Å². The molecule has 0 aliphatic heterocycles. The second-order valence-electron chi connectivity index (χ2n) is 6.04. The molecule has 1 amide bonds. The third kappa shape index (κ3) is 4.60. The number of aryl methyl sites for hydroxylation is 3. The van der Waals surface area contributed by atoms with E-state index in [2.05, 4.69) is 51.4 Å². The van der Waals surface area contributed by atoms with Crippen molar-refractivity contribution in [1.82, 2.24) is 20.2 Å². The molecule has 1 atom stereocenters. The van der Waals surface area contributed by atoms with Crippen molar-refractivity contribution >= 4 is 5.91 Å². The number of benzene rings is 1. The largest absolute Gasteiger partial charge is 0.349 e. The fourth-order valence-corrected chi connectivity index (χ4v) is 2.50. The normalized spacial score (nSPS) is 12.3. The summed E-state index contributed by atoms with van der Waals surface area (Å²) >= 11 is 0. The predicted molar refractivity (Wildman–Crippen MR) is 91.4 cm³/mol. The number of nitrogens with one attached hydrogen (secondary N) is 1. The van der Waals surface area contributed by atoms with Crippen LogP contribution in [0, 0.1) is 20.8 Å². The maximum Gasteiger partial charge on any atom is 0.270 e. The summed E-state index contributed by atoms with van der Waals surface area (Å²) in [6, 6.07) is 10.2. The topological polar surface area (TPSA) is 58.1 Å². The van der Waals surface area contributed by atoms with E-state index in [9.17, 15) is 4.79 Å². The Morgan fingerprint density at radius 3 is 2.35 bits per heavy atom. The van der Waals surface area contributed by atoms with Crippen molar-refractivity contribution in [3.05, 3.63) is 58.7 Å². The first-order valence-electron chi connectivity index (χ1n) is 7.70. The Morgan fingerprint density at radius 2 is 1.78 bits per heavy atom. The van der Waals surface area contributed by atoms with Gasteiger partial charge in [-0.1, -0.05) is 29.8 Å². The molecule has 0 unspecified atom stereocenters. The molecule has 0 aliphatic rings. The van der Waals surface area contributed by atoms with Gasteiger partial charge in [0.1, 0.15) is 11.5 Å². The number of carbonyl (C=O) groups is 1. The minimum Gasteiger partial charge on any atom is -0.349 e. The lowest BCUT2D eigenvalue weighted by Gasteiger charge is -2.25. The molecule has 0 bridgehead atoms. The standard InChI is InChI=1S/C18H24N4O/c1-12-6-8-15(9-7-12)17(22(4)5)11-19-18(23)16-10-13(2)20-14(3)21-16/h6-10,17H,11H2,1-5H3,(H,19,23)/t17-/m0/s1. The van der Waals surface area contributed by atoms with E-state index < -0.39 is 0 Å². The highest BCUT2D eigenvalue weighted by Gasteiger charge is 2.16. The van der Waals surface area contributed by atoms with E-state index in [0.29, 0.717) is 18.1 Å². The lowest BCUT2D eigenvalue weighted by molar-refractivity contribution is 0.0936. The van der Waals surface area contributed by atoms with Crippen LogP contribution in [0.5, 0.6) is 0 Å². The molecule has 0 fully saturated rings. The van der Waals surface area contributed by atoms with Gasteiger partial charge in [-0.3, -0.25) is 4.79 Å². The molecule has 0 aliphatic carbocycles. The van der Waals surface area contributed by atoms with Crippen molar-refractivity contribution in [2.24, 2.45) is 0 Å². The number of aromatic nitrogens is 2. The van der Waals surface area contributed by atoms with Crippen molar-refractivity contribution in [2.75, 3.05) is 20.6 Å². The molecule has 23 heavy (non-hydrogen) atoms. The van der Waals surface area contributed by atoms with E-state index in [-0.39, 0.29) is 11.9 Å². The molecule has 122 valence electrons. The van der Waals surface area contributed by atoms with E-state index in [1.807, 2.05) is 21.0 Å². The fourth-order valence-electron chi connectivity index (χ4n) is 2.50. The molecule has 0 saturated heterocycles. The maximum absolute atomic E-state index is 12.3. The first-order chi connectivity index (χ1) is 10.9. The van der Waals surface area contributed by atoms with E-state index in [0.717, 1.165) is 5.69 Å². The van der Waals surface area contributed by atoms with Crippen molar-refractivity contribution in [2.45, 2.75) is 26.8 Å². The minimum atomic E-state index is -0.169. The Bertz CT molecular complexity index is 660. The van der Waals surface area contributed by atoms with Crippen molar-refractivity contribution in [3.63, 3.8) is 0 Å². The van der Waals surface area contributed by atoms with E-state index >= 15 is 0 Å². The number of nitrogens with zero attached hydrogens (tertiary/aromatic N) is 3. The molecule has 1 aromatic carbocycles. The van der Waals surface area contributed by atoms with E-state index in [1.165, 1.54) is 11.1 Å². The average Bonchev–Trinajstić information content (AvgIpc) is 2.47. The summed E-state index contributed by atoms with van der Waals surface area (Å²) in [5.74, 6) is 0.440. The van der Waals surface area contributed by atoms with Gasteiger partial charge in [0.2, 0.25) is 0 Å². The Kier molecular flexibility index (Phi) is 5.45. The third-order valence-corrected chi connectivity index (χ3v) is 3.74. The summed E-state index contributed by atoms with van der Waals surface area (Å²) in [7, 11) is 4.02. The SMILES string of the molecule is Cc1ccc([C@H](CNC(=O)c2cc(C)nc(C)n2)N(C)C)cc1. The summed E-state index contributed by atoms with van der Waals surface area (Å²) in [6.45, 7) is 6.24. The summed E-state index contributed by atoms with van der Waals surface area (Å²) in [5, 5.41) is 2.98. The molecule has 0 saturated carbocycles. The van der Waals surface area contributed by atoms with Crippen LogP contribution >= 0.6 is 0 Å². The molecule has 1 heterocycles. The molecule has 2 aromatic rings. The van der Waals surface area contributed by atoms with E-state index in [4.69, 9.17) is 0 Å². The number of hydrogen-bond donors (Lipinski definition) is 1. The van der Waals surface area contributed by atoms with Crippen LogP contribution in [0.15, 0.2) is 30.3 Å². The monoisotopic (exact) mass is 312 g/mol. The third-order valence-electron chi connectivity index (χ3n) is 3.74. The summed E-state index contributed by atoms with van der Waals surface area (Å²) in [4.78, 5) is 22.8. The van der Waals surface area contributed by atoms with Crippen LogP contribution in [-0.2, 0) is 0 Å². The quantitative estimate of drug-likeness (QED) is 0.921. The summed E-state index contributed by atoms with van der Waals surface area (Å²) < 4.78 is 0. The highest BCUT2D eigenvalue weighted by Crippen LogP contribution is 2.18. The van der Waals surface area contributed by atoms with Gasteiger partial charge in [-0.15, -0.1) is 0 Å². The van der Waals surface area contributed by atoms with Gasteiger partial charge in [0.25, 0.3) is 5.91 Å². The van der Waals surface area contributed by atoms with Gasteiger partial charge in [0.05, 0.1) is 6.04 Å². The van der Waals surface area contributed by atoms with Gasteiger partial charge < -0.3 is 10.2 Å². The van der Waals surface area contributed by atoms with Crippen LogP contribution in [0.4, 0.5) is 0 Å². The van der Waals surface area contributed by atoms with Crippen molar-refractivity contribution in [1.29, 1.82) is 0 Å². The molecule has 0 radical (unpaired) electrons. The molecule has 5 heteroatoms. The smallest absolute Gasteiger partial charge is 0.270 e. The van der Waals surface area contributed by atoms with Crippen LogP contribution in [0.3, 0.4) is 0 Å². The number of amides is 1. The highest BCUT2D eigenvalue weighted by molar-refractivity contribution is 5.92. The maximum atomic E-state index is 12.3. The van der Waals surface area contributed by atoms with Crippen molar-refractivity contribution < 1.29 is 4.79 Å². The first-order valence-corrected chi connectivity index (χ1v) is 7.70. The Hall–Kier alpha value is -2.27. The van der Waals surface area contributed by atoms with Gasteiger partial charge in [-0.05, 0) is 46.5 Å². The second kappa shape index (κ2) is 7.33. The first kappa shape index (κ1) is 17.1. The molecular weight excluding hydrogens is 288 g/mol. The number of rotatable bonds is 5. The number of hydrogen-bond acceptors (Lipinski definition) is 4. The number of carbonyl (C=O) groups excluding carboxylic acids is 1. The molecule has 2 rings (SSSR count). The molecular formula is C18H24N4O. The fraction of sp³-hybridized carbons (Fsp3) is 0.389. The van der Waals surface area contributed by atoms with Crippen LogP contribution in [0.2, 0.25) is 0 Å². The molecule has 1 aromatic heterocycles. The zero-order chi connectivity index (χ0) is 17.0. The zero-order valence-corrected chi connectivity index (χ0v) is 14.4. The van der Waals surface area contributed by atoms with Gasteiger partial charge >= 0.3 is 0 Å². The van der Waals surface area contributed by atoms with Crippen LogP contribution in [0.25, 0.3) is 0 Å². The zero-order valence-electron chi connectivity index (χ0n) is 14.4. The lowest BCUT2D eigenvalue weighted by atomic mass is 10.0. The lowest BCUT2D eigenvalue weighted by Crippen LogP contribution is -2.35. The van der Waals surface area contributed by atoms with Crippen LogP contribution in [-0.4, -0.2) is 41.4 Å². The summed E-state index contributed by atoms with van der Waals surface area (Å²) in [6.07, 6.45) is 0. The molecule has 0 spiro atoms. The Labute approximate surface area is 137 Å². The highest BCUT2D eigenvalue weighted by atomic mass is 16.1. The van der Waals surface area contributed by atoms with Gasteiger partial charge in [0, 0.05) is 12.2 Å². The second-order valence-corrected chi connectivity index (χ2v) is 6.04. The van der Waals surface area contributed by atoms with Gasteiger partial charge in [-0.25, -0.2) is 9.97 Å². The Balaban J connectivity index is 2.09. The number of likely N-dealkylation sites (N-methyl/N-ethyl adjacent to an activating group) is 1. The van der Waals surface area contributed by atoms with Crippen molar-refractivity contribution in [3.8, 4) is 0 Å². The minimum absolute atomic E-state index is 0.114. The Morgan fingerprint density at radius 1 is 1.13 bits per heavy atom. The average molecular weight is 312 g/mol. The summed E-state index contributed by atoms with van der Waals surface area (Å²) in [5.41, 5.74) is 3.61. The molecule has 5 nitrogen and oxygen atoms in total. The molecule has 1 N–H and O–H groups in total. The van der Waals surface area contributed by atoms with Crippen LogP contribution < -0.4 is 5.32 Å². The van der Waals surface area contributed by atoms with E-state index in [1.54, 1.807) is 13.0 Å². The van der Waals surface area contributed by atoms with Gasteiger partial charge in [-0.2, -0.15) is 0 Å². The predicted octanol–water partition coefficient (Wildman–Crippen LogP) is 2.43.